The van der Waals surface area contributed by atoms with Gasteiger partial charge < -0.3 is 11.1 Å². The minimum atomic E-state index is -0.210. The highest BCUT2D eigenvalue weighted by Gasteiger charge is 2.17. The van der Waals surface area contributed by atoms with E-state index >= 15 is 0 Å². The fourth-order valence-electron chi connectivity index (χ4n) is 1.76. The lowest BCUT2D eigenvalue weighted by Crippen LogP contribution is -2.22. The lowest BCUT2D eigenvalue weighted by molar-refractivity contribution is 0.0956. The topological polar surface area (TPSA) is 93.8 Å². The van der Waals surface area contributed by atoms with Gasteiger partial charge in [-0.25, -0.2) is 4.98 Å². The summed E-state index contributed by atoms with van der Waals surface area (Å²) in [7, 11) is 0. The van der Waals surface area contributed by atoms with Crippen LogP contribution in [0.1, 0.15) is 20.4 Å². The van der Waals surface area contributed by atoms with Crippen LogP contribution in [-0.2, 0) is 6.54 Å². The van der Waals surface area contributed by atoms with Crippen LogP contribution in [0.2, 0.25) is 0 Å². The summed E-state index contributed by atoms with van der Waals surface area (Å²) in [6.07, 6.45) is 1.56. The van der Waals surface area contributed by atoms with Crippen LogP contribution in [0.15, 0.2) is 17.6 Å². The molecule has 0 bridgehead atoms. The monoisotopic (exact) mass is 305 g/mol. The number of amides is 1. The molecule has 0 aliphatic rings. The summed E-state index contributed by atoms with van der Waals surface area (Å²) < 4.78 is 0. The molecule has 0 radical (unpaired) electrons. The molecule has 0 fully saturated rings. The summed E-state index contributed by atoms with van der Waals surface area (Å²) in [6.45, 7) is 2.32. The third-order valence-corrected chi connectivity index (χ3v) is 4.76. The molecule has 0 saturated carbocycles. The minimum absolute atomic E-state index is 0.210. The summed E-state index contributed by atoms with van der Waals surface area (Å²) in [5.74, 6) is -0.210. The number of thiazole rings is 1. The van der Waals surface area contributed by atoms with Crippen molar-refractivity contribution >= 4 is 44.5 Å². The molecule has 3 rings (SSSR count). The predicted octanol–water partition coefficient (Wildman–Crippen LogP) is 1.97. The number of carbonyl (C=O) groups is 1. The predicted molar refractivity (Wildman–Crippen MR) is 79.8 cm³/mol. The van der Waals surface area contributed by atoms with Crippen molar-refractivity contribution in [1.29, 1.82) is 0 Å². The zero-order valence-corrected chi connectivity index (χ0v) is 12.2. The standard InChI is InChI=1S/C12H11N5OS2/c1-6-5-19-8(16-6)4-14-11(18)10-9(13)7-2-3-15-17-12(7)20-10/h2-3,5H,4,13H2,1H3,(H,14,18). The Morgan fingerprint density at radius 1 is 1.50 bits per heavy atom. The Hall–Kier alpha value is -2.06. The van der Waals surface area contributed by atoms with E-state index in [4.69, 9.17) is 5.73 Å². The molecule has 3 aromatic rings. The molecule has 6 nitrogen and oxygen atoms in total. The Bertz CT molecular complexity index is 779. The van der Waals surface area contributed by atoms with Crippen molar-refractivity contribution < 1.29 is 4.79 Å². The summed E-state index contributed by atoms with van der Waals surface area (Å²) in [4.78, 5) is 17.6. The molecule has 20 heavy (non-hydrogen) atoms. The van der Waals surface area contributed by atoms with Crippen LogP contribution < -0.4 is 11.1 Å². The zero-order valence-electron chi connectivity index (χ0n) is 10.6. The third kappa shape index (κ3) is 2.35. The van der Waals surface area contributed by atoms with Crippen molar-refractivity contribution in [3.8, 4) is 0 Å². The van der Waals surface area contributed by atoms with Crippen LogP contribution in [0.4, 0.5) is 5.69 Å². The van der Waals surface area contributed by atoms with Crippen LogP contribution in [-0.4, -0.2) is 21.1 Å². The quantitative estimate of drug-likeness (QED) is 0.771. The number of aryl methyl sites for hydroxylation is 1. The Morgan fingerprint density at radius 3 is 3.05 bits per heavy atom. The second-order valence-corrected chi connectivity index (χ2v) is 6.10. The van der Waals surface area contributed by atoms with Crippen LogP contribution in [0.5, 0.6) is 0 Å². The first-order valence-electron chi connectivity index (χ1n) is 5.84. The molecule has 0 unspecified atom stereocenters. The molecule has 0 aliphatic carbocycles. The van der Waals surface area contributed by atoms with E-state index in [0.717, 1.165) is 16.1 Å². The number of anilines is 1. The smallest absolute Gasteiger partial charge is 0.263 e. The maximum atomic E-state index is 12.2. The van der Waals surface area contributed by atoms with Gasteiger partial charge in [-0.2, -0.15) is 5.10 Å². The Morgan fingerprint density at radius 2 is 2.35 bits per heavy atom. The molecule has 0 atom stereocenters. The van der Waals surface area contributed by atoms with Gasteiger partial charge in [-0.05, 0) is 13.0 Å². The van der Waals surface area contributed by atoms with E-state index < -0.39 is 0 Å². The van der Waals surface area contributed by atoms with E-state index in [0.29, 0.717) is 21.9 Å². The third-order valence-electron chi connectivity index (χ3n) is 2.69. The van der Waals surface area contributed by atoms with Crippen molar-refractivity contribution in [3.63, 3.8) is 0 Å². The summed E-state index contributed by atoms with van der Waals surface area (Å²) in [5, 5.41) is 14.2. The summed E-state index contributed by atoms with van der Waals surface area (Å²) >= 11 is 2.76. The average Bonchev–Trinajstić information content (AvgIpc) is 3.01. The minimum Gasteiger partial charge on any atom is -0.397 e. The molecule has 0 aliphatic heterocycles. The van der Waals surface area contributed by atoms with Gasteiger partial charge in [-0.15, -0.1) is 27.8 Å². The first-order valence-corrected chi connectivity index (χ1v) is 7.53. The Balaban J connectivity index is 1.80. The molecule has 0 aromatic carbocycles. The molecule has 0 spiro atoms. The zero-order chi connectivity index (χ0) is 14.1. The van der Waals surface area contributed by atoms with Crippen molar-refractivity contribution in [2.24, 2.45) is 0 Å². The molecular formula is C12H11N5OS2. The number of aromatic nitrogens is 3. The number of hydrogen-bond donors (Lipinski definition) is 2. The molecule has 3 N–H and O–H groups in total. The van der Waals surface area contributed by atoms with E-state index in [2.05, 4.69) is 20.5 Å². The van der Waals surface area contributed by atoms with Gasteiger partial charge >= 0.3 is 0 Å². The van der Waals surface area contributed by atoms with Crippen molar-refractivity contribution in [3.05, 3.63) is 33.2 Å². The largest absolute Gasteiger partial charge is 0.397 e. The maximum absolute atomic E-state index is 12.2. The molecule has 0 saturated heterocycles. The molecule has 102 valence electrons. The second kappa shape index (κ2) is 5.14. The number of thiophene rings is 1. The molecule has 8 heteroatoms. The Kier molecular flexibility index (Phi) is 3.33. The van der Waals surface area contributed by atoms with Crippen LogP contribution in [0.25, 0.3) is 10.2 Å². The molecular weight excluding hydrogens is 294 g/mol. The van der Waals surface area contributed by atoms with Gasteiger partial charge in [0.05, 0.1) is 18.4 Å². The highest BCUT2D eigenvalue weighted by molar-refractivity contribution is 7.21. The van der Waals surface area contributed by atoms with Gasteiger partial charge in [0.2, 0.25) is 0 Å². The van der Waals surface area contributed by atoms with Gasteiger partial charge in [0.25, 0.3) is 5.91 Å². The summed E-state index contributed by atoms with van der Waals surface area (Å²) in [6, 6.07) is 1.76. The van der Waals surface area contributed by atoms with Gasteiger partial charge in [0, 0.05) is 16.5 Å². The molecule has 3 aromatic heterocycles. The normalized spacial score (nSPS) is 10.8. The first-order chi connectivity index (χ1) is 9.65. The van der Waals surface area contributed by atoms with Crippen molar-refractivity contribution in [2.75, 3.05) is 5.73 Å². The molecule has 1 amide bonds. The Labute approximate surface area is 122 Å². The number of carbonyl (C=O) groups excluding carboxylic acids is 1. The fraction of sp³-hybridized carbons (Fsp3) is 0.167. The summed E-state index contributed by atoms with van der Waals surface area (Å²) in [5.41, 5.74) is 7.39. The van der Waals surface area contributed by atoms with Crippen molar-refractivity contribution in [1.82, 2.24) is 20.5 Å². The first kappa shape index (κ1) is 12.9. The number of nitrogen functional groups attached to an aromatic ring is 1. The highest BCUT2D eigenvalue weighted by Crippen LogP contribution is 2.31. The van der Waals surface area contributed by atoms with E-state index in [1.807, 2.05) is 12.3 Å². The van der Waals surface area contributed by atoms with Crippen molar-refractivity contribution in [2.45, 2.75) is 13.5 Å². The maximum Gasteiger partial charge on any atom is 0.263 e. The number of rotatable bonds is 3. The number of nitrogens with one attached hydrogen (secondary N) is 1. The van der Waals surface area contributed by atoms with Crippen LogP contribution >= 0.6 is 22.7 Å². The van der Waals surface area contributed by atoms with E-state index in [-0.39, 0.29) is 5.91 Å². The average molecular weight is 305 g/mol. The number of nitrogens with zero attached hydrogens (tertiary/aromatic N) is 3. The lowest BCUT2D eigenvalue weighted by atomic mass is 10.3. The highest BCUT2D eigenvalue weighted by atomic mass is 32.1. The number of nitrogens with two attached hydrogens (primary N) is 1. The van der Waals surface area contributed by atoms with Gasteiger partial charge in [0.1, 0.15) is 14.7 Å². The van der Waals surface area contributed by atoms with E-state index in [1.54, 1.807) is 12.3 Å². The SMILES string of the molecule is Cc1csc(CNC(=O)c2sc3nnccc3c2N)n1. The van der Waals surface area contributed by atoms with Gasteiger partial charge in [0.15, 0.2) is 0 Å². The van der Waals surface area contributed by atoms with E-state index in [9.17, 15) is 4.79 Å². The van der Waals surface area contributed by atoms with Crippen LogP contribution in [0.3, 0.4) is 0 Å². The van der Waals surface area contributed by atoms with Gasteiger partial charge in [-0.3, -0.25) is 4.79 Å². The van der Waals surface area contributed by atoms with Gasteiger partial charge in [-0.1, -0.05) is 0 Å². The second-order valence-electron chi connectivity index (χ2n) is 4.16. The fourth-order valence-corrected chi connectivity index (χ4v) is 3.43. The van der Waals surface area contributed by atoms with E-state index in [1.165, 1.54) is 22.7 Å². The number of hydrogen-bond acceptors (Lipinski definition) is 7. The van der Waals surface area contributed by atoms with Crippen LogP contribution in [0, 0.1) is 6.92 Å². The lowest BCUT2D eigenvalue weighted by Gasteiger charge is -2.01. The number of fused-ring (bicyclic) bond motifs is 1. The molecule has 3 heterocycles.